The van der Waals surface area contributed by atoms with Crippen molar-refractivity contribution in [3.8, 4) is 0 Å². The second-order valence-corrected chi connectivity index (χ2v) is 9.51. The number of fused-ring (bicyclic) bond motifs is 1. The largest absolute Gasteiger partial charge is 0.354 e. The van der Waals surface area contributed by atoms with Crippen LogP contribution in [0.15, 0.2) is 84.9 Å². The Bertz CT molecular complexity index is 973. The number of piperidine rings is 1. The van der Waals surface area contributed by atoms with E-state index in [0.717, 1.165) is 30.8 Å². The zero-order valence-electron chi connectivity index (χ0n) is 18.7. The number of likely N-dealkylation sites (tertiary alicyclic amines) is 1. The van der Waals surface area contributed by atoms with Crippen molar-refractivity contribution in [3.05, 3.63) is 107 Å². The molecule has 3 nitrogen and oxygen atoms in total. The number of nitrogens with zero attached hydrogens (tertiary/aromatic N) is 1. The van der Waals surface area contributed by atoms with Gasteiger partial charge in [0.25, 0.3) is 0 Å². The SMILES string of the molecule is O=C(NCCN1CCC2(CC1)Cc1ccccc1C2)C(c1ccccc1)c1ccccc1. The van der Waals surface area contributed by atoms with Gasteiger partial charge in [0.2, 0.25) is 5.91 Å². The zero-order chi connectivity index (χ0) is 21.8. The van der Waals surface area contributed by atoms with Crippen molar-refractivity contribution >= 4 is 5.91 Å². The number of benzene rings is 3. The molecule has 3 aromatic rings. The Labute approximate surface area is 191 Å². The Balaban J connectivity index is 1.15. The van der Waals surface area contributed by atoms with E-state index in [1.54, 1.807) is 11.1 Å². The maximum Gasteiger partial charge on any atom is 0.232 e. The smallest absolute Gasteiger partial charge is 0.232 e. The monoisotopic (exact) mass is 424 g/mol. The van der Waals surface area contributed by atoms with Gasteiger partial charge in [-0.2, -0.15) is 0 Å². The van der Waals surface area contributed by atoms with Gasteiger partial charge in [0.05, 0.1) is 5.92 Å². The summed E-state index contributed by atoms with van der Waals surface area (Å²) in [6.07, 6.45) is 4.99. The highest BCUT2D eigenvalue weighted by Crippen LogP contribution is 2.44. The number of amides is 1. The van der Waals surface area contributed by atoms with Crippen LogP contribution in [0.25, 0.3) is 0 Å². The molecule has 0 aromatic heterocycles. The Morgan fingerprint density at radius 2 is 1.28 bits per heavy atom. The molecule has 32 heavy (non-hydrogen) atoms. The van der Waals surface area contributed by atoms with Crippen molar-refractivity contribution in [1.82, 2.24) is 10.2 Å². The van der Waals surface area contributed by atoms with Crippen molar-refractivity contribution in [3.63, 3.8) is 0 Å². The molecule has 2 aliphatic rings. The van der Waals surface area contributed by atoms with Crippen LogP contribution in [0.4, 0.5) is 0 Å². The molecular formula is C29H32N2O. The number of hydrogen-bond donors (Lipinski definition) is 1. The van der Waals surface area contributed by atoms with E-state index in [-0.39, 0.29) is 11.8 Å². The van der Waals surface area contributed by atoms with Crippen molar-refractivity contribution in [2.45, 2.75) is 31.6 Å². The average molecular weight is 425 g/mol. The second-order valence-electron chi connectivity index (χ2n) is 9.51. The van der Waals surface area contributed by atoms with Crippen LogP contribution in [-0.4, -0.2) is 37.0 Å². The summed E-state index contributed by atoms with van der Waals surface area (Å²) >= 11 is 0. The van der Waals surface area contributed by atoms with E-state index >= 15 is 0 Å². The molecule has 1 aliphatic carbocycles. The van der Waals surface area contributed by atoms with Crippen LogP contribution in [0, 0.1) is 5.41 Å². The first-order chi connectivity index (χ1) is 15.7. The van der Waals surface area contributed by atoms with Gasteiger partial charge < -0.3 is 10.2 Å². The zero-order valence-corrected chi connectivity index (χ0v) is 18.7. The van der Waals surface area contributed by atoms with Crippen LogP contribution >= 0.6 is 0 Å². The molecule has 0 radical (unpaired) electrons. The minimum atomic E-state index is -0.265. The lowest BCUT2D eigenvalue weighted by Crippen LogP contribution is -2.44. The predicted octanol–water partition coefficient (Wildman–Crippen LogP) is 4.82. The maximum absolute atomic E-state index is 13.2. The molecule has 0 unspecified atom stereocenters. The third-order valence-corrected chi connectivity index (χ3v) is 7.42. The van der Waals surface area contributed by atoms with Crippen molar-refractivity contribution in [2.75, 3.05) is 26.2 Å². The van der Waals surface area contributed by atoms with E-state index in [4.69, 9.17) is 0 Å². The van der Waals surface area contributed by atoms with Crippen LogP contribution in [0.3, 0.4) is 0 Å². The highest BCUT2D eigenvalue weighted by molar-refractivity contribution is 5.87. The fourth-order valence-corrected chi connectivity index (χ4v) is 5.60. The van der Waals surface area contributed by atoms with Gasteiger partial charge >= 0.3 is 0 Å². The van der Waals surface area contributed by atoms with E-state index in [9.17, 15) is 4.79 Å². The minimum Gasteiger partial charge on any atom is -0.354 e. The Kier molecular flexibility index (Phi) is 6.09. The fraction of sp³-hybridized carbons (Fsp3) is 0.345. The quantitative estimate of drug-likeness (QED) is 0.616. The van der Waals surface area contributed by atoms with Gasteiger partial charge in [-0.15, -0.1) is 0 Å². The molecule has 1 spiro atoms. The molecule has 1 saturated heterocycles. The number of nitrogens with one attached hydrogen (secondary N) is 1. The highest BCUT2D eigenvalue weighted by atomic mass is 16.1. The number of rotatable bonds is 6. The highest BCUT2D eigenvalue weighted by Gasteiger charge is 2.39. The Morgan fingerprint density at radius 1 is 0.781 bits per heavy atom. The predicted molar refractivity (Wildman–Crippen MR) is 130 cm³/mol. The average Bonchev–Trinajstić information content (AvgIpc) is 3.20. The molecule has 1 aliphatic heterocycles. The summed E-state index contributed by atoms with van der Waals surface area (Å²) in [4.78, 5) is 15.7. The lowest BCUT2D eigenvalue weighted by atomic mass is 9.76. The lowest BCUT2D eigenvalue weighted by Gasteiger charge is -2.39. The van der Waals surface area contributed by atoms with E-state index in [1.807, 2.05) is 60.7 Å². The molecule has 0 saturated carbocycles. The van der Waals surface area contributed by atoms with Crippen molar-refractivity contribution < 1.29 is 4.79 Å². The summed E-state index contributed by atoms with van der Waals surface area (Å²) in [6, 6.07) is 29.1. The summed E-state index contributed by atoms with van der Waals surface area (Å²) in [7, 11) is 0. The molecule has 3 aromatic carbocycles. The van der Waals surface area contributed by atoms with Gasteiger partial charge in [-0.1, -0.05) is 84.9 Å². The first kappa shape index (κ1) is 21.0. The molecule has 164 valence electrons. The molecule has 1 fully saturated rings. The number of carbonyl (C=O) groups excluding carboxylic acids is 1. The van der Waals surface area contributed by atoms with Crippen LogP contribution in [0.1, 0.15) is 41.0 Å². The van der Waals surface area contributed by atoms with Crippen molar-refractivity contribution in [1.29, 1.82) is 0 Å². The minimum absolute atomic E-state index is 0.0853. The molecule has 1 amide bonds. The van der Waals surface area contributed by atoms with Crippen LogP contribution in [-0.2, 0) is 17.6 Å². The van der Waals surface area contributed by atoms with Gasteiger partial charge in [0.1, 0.15) is 0 Å². The van der Waals surface area contributed by atoms with Crippen LogP contribution in [0.5, 0.6) is 0 Å². The first-order valence-electron chi connectivity index (χ1n) is 11.9. The first-order valence-corrected chi connectivity index (χ1v) is 11.9. The topological polar surface area (TPSA) is 32.3 Å². The summed E-state index contributed by atoms with van der Waals surface area (Å²) in [5.41, 5.74) is 5.66. The Morgan fingerprint density at radius 3 is 1.81 bits per heavy atom. The molecule has 1 N–H and O–H groups in total. The molecular weight excluding hydrogens is 392 g/mol. The van der Waals surface area contributed by atoms with E-state index in [1.165, 1.54) is 25.7 Å². The molecule has 0 bridgehead atoms. The third kappa shape index (κ3) is 4.49. The van der Waals surface area contributed by atoms with Gasteiger partial charge in [-0.05, 0) is 66.4 Å². The normalized spacial score (nSPS) is 17.4. The summed E-state index contributed by atoms with van der Waals surface area (Å²) in [5, 5.41) is 3.22. The second kappa shape index (κ2) is 9.30. The van der Waals surface area contributed by atoms with Crippen molar-refractivity contribution in [2.24, 2.45) is 5.41 Å². The fourth-order valence-electron chi connectivity index (χ4n) is 5.60. The summed E-state index contributed by atoms with van der Waals surface area (Å²) in [5.74, 6) is -0.179. The lowest BCUT2D eigenvalue weighted by molar-refractivity contribution is -0.121. The Hall–Kier alpha value is -2.91. The van der Waals surface area contributed by atoms with Gasteiger partial charge in [0.15, 0.2) is 0 Å². The molecule has 0 atom stereocenters. The maximum atomic E-state index is 13.2. The standard InChI is InChI=1S/C29H32N2O/c32-28(27(23-9-3-1-4-10-23)24-11-5-2-6-12-24)30-17-20-31-18-15-29(16-19-31)21-25-13-7-8-14-26(25)22-29/h1-14,27H,15-22H2,(H,30,32). The van der Waals surface area contributed by atoms with E-state index in [2.05, 4.69) is 34.5 Å². The summed E-state index contributed by atoms with van der Waals surface area (Å²) in [6.45, 7) is 3.88. The van der Waals surface area contributed by atoms with E-state index < -0.39 is 0 Å². The molecule has 3 heteroatoms. The number of carbonyl (C=O) groups is 1. The molecule has 5 rings (SSSR count). The van der Waals surface area contributed by atoms with E-state index in [0.29, 0.717) is 12.0 Å². The van der Waals surface area contributed by atoms with Gasteiger partial charge in [0, 0.05) is 13.1 Å². The summed E-state index contributed by atoms with van der Waals surface area (Å²) < 4.78 is 0. The van der Waals surface area contributed by atoms with Crippen LogP contribution < -0.4 is 5.32 Å². The van der Waals surface area contributed by atoms with Crippen LogP contribution in [0.2, 0.25) is 0 Å². The third-order valence-electron chi connectivity index (χ3n) is 7.42. The van der Waals surface area contributed by atoms with Gasteiger partial charge in [-0.3, -0.25) is 4.79 Å². The van der Waals surface area contributed by atoms with Gasteiger partial charge in [-0.25, -0.2) is 0 Å². The number of hydrogen-bond acceptors (Lipinski definition) is 2. The molecule has 1 heterocycles.